The van der Waals surface area contributed by atoms with Crippen LogP contribution in [0.15, 0.2) is 28.7 Å². The molecule has 2 unspecified atom stereocenters. The van der Waals surface area contributed by atoms with Gasteiger partial charge in [0, 0.05) is 10.5 Å². The number of hydrogen-bond donors (Lipinski definition) is 1. The Kier molecular flexibility index (Phi) is 6.72. The summed E-state index contributed by atoms with van der Waals surface area (Å²) in [7, 11) is 0. The molecular weight excluding hydrogens is 324 g/mol. The van der Waals surface area contributed by atoms with E-state index in [1.54, 1.807) is 0 Å². The summed E-state index contributed by atoms with van der Waals surface area (Å²) in [6, 6.07) is 8.57. The fourth-order valence-electron chi connectivity index (χ4n) is 3.27. The van der Waals surface area contributed by atoms with Gasteiger partial charge < -0.3 is 10.6 Å². The van der Waals surface area contributed by atoms with Crippen LogP contribution in [0.1, 0.15) is 51.1 Å². The second kappa shape index (κ2) is 8.30. The molecule has 0 spiro atoms. The van der Waals surface area contributed by atoms with Gasteiger partial charge in [0.2, 0.25) is 0 Å². The van der Waals surface area contributed by atoms with Crippen molar-refractivity contribution < 1.29 is 0 Å². The summed E-state index contributed by atoms with van der Waals surface area (Å²) < 4.78 is 1.12. The normalized spacial score (nSPS) is 22.2. The van der Waals surface area contributed by atoms with Crippen LogP contribution in [0.5, 0.6) is 0 Å². The molecule has 3 heteroatoms. The summed E-state index contributed by atoms with van der Waals surface area (Å²) in [6.07, 6.45) is 5.14. The first kappa shape index (κ1) is 17.0. The Morgan fingerprint density at radius 1 is 1.19 bits per heavy atom. The van der Waals surface area contributed by atoms with E-state index >= 15 is 0 Å². The van der Waals surface area contributed by atoms with E-state index in [1.807, 2.05) is 0 Å². The van der Waals surface area contributed by atoms with Crippen molar-refractivity contribution in [3.05, 3.63) is 34.3 Å². The Hall–Kier alpha value is -0.380. The van der Waals surface area contributed by atoms with Gasteiger partial charge in [0.1, 0.15) is 0 Å². The molecule has 1 aliphatic heterocycles. The average molecular weight is 353 g/mol. The van der Waals surface area contributed by atoms with Crippen LogP contribution in [0.2, 0.25) is 0 Å². The van der Waals surface area contributed by atoms with E-state index in [1.165, 1.54) is 37.9 Å². The molecule has 21 heavy (non-hydrogen) atoms. The van der Waals surface area contributed by atoms with Crippen LogP contribution in [0.25, 0.3) is 0 Å². The maximum absolute atomic E-state index is 6.33. The lowest BCUT2D eigenvalue weighted by Crippen LogP contribution is -2.28. The van der Waals surface area contributed by atoms with Gasteiger partial charge in [-0.1, -0.05) is 41.9 Å². The summed E-state index contributed by atoms with van der Waals surface area (Å²) in [5, 5.41) is 0. The first-order chi connectivity index (χ1) is 10.1. The lowest BCUT2D eigenvalue weighted by molar-refractivity contribution is 0.262. The third kappa shape index (κ3) is 5.39. The van der Waals surface area contributed by atoms with Gasteiger partial charge in [0.15, 0.2) is 0 Å². The topological polar surface area (TPSA) is 29.3 Å². The summed E-state index contributed by atoms with van der Waals surface area (Å²) in [4.78, 5) is 2.61. The van der Waals surface area contributed by atoms with Crippen molar-refractivity contribution in [3.63, 3.8) is 0 Å². The Morgan fingerprint density at radius 3 is 2.57 bits per heavy atom. The number of rotatable bonds is 5. The van der Waals surface area contributed by atoms with E-state index in [4.69, 9.17) is 5.73 Å². The quantitative estimate of drug-likeness (QED) is 0.838. The summed E-state index contributed by atoms with van der Waals surface area (Å²) >= 11 is 3.47. The Labute approximate surface area is 138 Å². The van der Waals surface area contributed by atoms with Gasteiger partial charge in [-0.05, 0) is 74.8 Å². The maximum atomic E-state index is 6.33. The Balaban J connectivity index is 1.78. The highest BCUT2D eigenvalue weighted by Crippen LogP contribution is 2.25. The fourth-order valence-corrected chi connectivity index (χ4v) is 3.53. The molecule has 1 aromatic carbocycles. The number of halogens is 1. The molecule has 0 amide bonds. The lowest BCUT2D eigenvalue weighted by atomic mass is 9.89. The summed E-state index contributed by atoms with van der Waals surface area (Å²) in [5.41, 5.74) is 7.58. The smallest absolute Gasteiger partial charge is 0.0307 e. The van der Waals surface area contributed by atoms with Crippen LogP contribution in [0, 0.1) is 11.8 Å². The van der Waals surface area contributed by atoms with Crippen molar-refractivity contribution in [2.45, 2.75) is 45.6 Å². The Bertz CT molecular complexity index is 416. The van der Waals surface area contributed by atoms with E-state index in [-0.39, 0.29) is 6.04 Å². The molecule has 2 atom stereocenters. The largest absolute Gasteiger partial charge is 0.324 e. The predicted octanol–water partition coefficient (Wildman–Crippen LogP) is 4.60. The number of likely N-dealkylation sites (tertiary alicyclic amines) is 1. The summed E-state index contributed by atoms with van der Waals surface area (Å²) in [5.74, 6) is 1.74. The van der Waals surface area contributed by atoms with Gasteiger partial charge in [-0.3, -0.25) is 0 Å². The molecule has 1 fully saturated rings. The molecule has 0 aliphatic carbocycles. The van der Waals surface area contributed by atoms with E-state index in [0.29, 0.717) is 0 Å². The number of nitrogens with zero attached hydrogens (tertiary/aromatic N) is 1. The highest BCUT2D eigenvalue weighted by molar-refractivity contribution is 9.10. The number of hydrogen-bond acceptors (Lipinski definition) is 2. The lowest BCUT2D eigenvalue weighted by Gasteiger charge is -2.23. The zero-order valence-electron chi connectivity index (χ0n) is 13.4. The molecule has 118 valence electrons. The molecule has 1 saturated heterocycles. The predicted molar refractivity (Wildman–Crippen MR) is 94.3 cm³/mol. The van der Waals surface area contributed by atoms with Crippen LogP contribution in [0.4, 0.5) is 0 Å². The molecule has 1 aliphatic rings. The monoisotopic (exact) mass is 352 g/mol. The highest BCUT2D eigenvalue weighted by Gasteiger charge is 2.19. The standard InChI is InChI=1S/C18H29BrN2/c1-14(2)15-4-3-11-21(12-9-15)13-10-18(20)16-5-7-17(19)8-6-16/h5-8,14-15,18H,3-4,9-13,20H2,1-2H3. The Morgan fingerprint density at radius 2 is 1.90 bits per heavy atom. The zero-order chi connectivity index (χ0) is 15.2. The van der Waals surface area contributed by atoms with Crippen LogP contribution in [-0.4, -0.2) is 24.5 Å². The molecule has 1 heterocycles. The second-order valence-electron chi connectivity index (χ2n) is 6.72. The van der Waals surface area contributed by atoms with Crippen molar-refractivity contribution in [1.82, 2.24) is 4.90 Å². The number of nitrogens with two attached hydrogens (primary N) is 1. The van der Waals surface area contributed by atoms with Gasteiger partial charge in [0.25, 0.3) is 0 Å². The van der Waals surface area contributed by atoms with Gasteiger partial charge in [-0.25, -0.2) is 0 Å². The van der Waals surface area contributed by atoms with E-state index in [9.17, 15) is 0 Å². The molecule has 2 rings (SSSR count). The highest BCUT2D eigenvalue weighted by atomic mass is 79.9. The molecule has 0 aromatic heterocycles. The molecule has 0 bridgehead atoms. The van der Waals surface area contributed by atoms with Crippen LogP contribution in [-0.2, 0) is 0 Å². The van der Waals surface area contributed by atoms with Gasteiger partial charge in [0.05, 0.1) is 0 Å². The third-order valence-electron chi connectivity index (χ3n) is 4.86. The minimum atomic E-state index is 0.155. The van der Waals surface area contributed by atoms with E-state index < -0.39 is 0 Å². The molecule has 2 nitrogen and oxygen atoms in total. The van der Waals surface area contributed by atoms with Crippen molar-refractivity contribution in [3.8, 4) is 0 Å². The van der Waals surface area contributed by atoms with E-state index in [0.717, 1.165) is 29.3 Å². The number of benzene rings is 1. The van der Waals surface area contributed by atoms with Crippen LogP contribution in [0.3, 0.4) is 0 Å². The van der Waals surface area contributed by atoms with Crippen LogP contribution >= 0.6 is 15.9 Å². The third-order valence-corrected chi connectivity index (χ3v) is 5.39. The van der Waals surface area contributed by atoms with Gasteiger partial charge in [-0.2, -0.15) is 0 Å². The second-order valence-corrected chi connectivity index (χ2v) is 7.64. The summed E-state index contributed by atoms with van der Waals surface area (Å²) in [6.45, 7) is 8.35. The SMILES string of the molecule is CC(C)C1CCCN(CCC(N)c2ccc(Br)cc2)CC1. The maximum Gasteiger partial charge on any atom is 0.0307 e. The van der Waals surface area contributed by atoms with Crippen LogP contribution < -0.4 is 5.73 Å². The first-order valence-corrected chi connectivity index (χ1v) is 9.09. The average Bonchev–Trinajstić information content (AvgIpc) is 2.71. The van der Waals surface area contributed by atoms with Crippen molar-refractivity contribution >= 4 is 15.9 Å². The zero-order valence-corrected chi connectivity index (χ0v) is 15.0. The minimum Gasteiger partial charge on any atom is -0.324 e. The van der Waals surface area contributed by atoms with E-state index in [2.05, 4.69) is 58.9 Å². The van der Waals surface area contributed by atoms with Crippen molar-refractivity contribution in [2.75, 3.05) is 19.6 Å². The first-order valence-electron chi connectivity index (χ1n) is 8.29. The fraction of sp³-hybridized carbons (Fsp3) is 0.667. The molecule has 0 saturated carbocycles. The minimum absolute atomic E-state index is 0.155. The van der Waals surface area contributed by atoms with Gasteiger partial charge in [-0.15, -0.1) is 0 Å². The van der Waals surface area contributed by atoms with Crippen molar-refractivity contribution in [2.24, 2.45) is 17.6 Å². The molecule has 2 N–H and O–H groups in total. The van der Waals surface area contributed by atoms with Gasteiger partial charge >= 0.3 is 0 Å². The molecule has 0 radical (unpaired) electrons. The molecular formula is C18H29BrN2. The molecule has 1 aromatic rings. The van der Waals surface area contributed by atoms with Crippen molar-refractivity contribution in [1.29, 1.82) is 0 Å².